The molecule has 10 aliphatic carbocycles. The molecule has 13 unspecified atom stereocenters. The van der Waals surface area contributed by atoms with E-state index in [9.17, 15) is 24.0 Å². The van der Waals surface area contributed by atoms with E-state index in [-0.39, 0.29) is 159 Å². The Labute approximate surface area is 664 Å². The minimum Gasteiger partial charge on any atom is -0.459 e. The summed E-state index contributed by atoms with van der Waals surface area (Å²) in [5, 5.41) is 0. The lowest BCUT2D eigenvalue weighted by Crippen LogP contribution is -2.52. The van der Waals surface area contributed by atoms with Crippen LogP contribution >= 0.6 is 0 Å². The SMILES string of the molecule is C.C.C.C.C.C.C.C.C.C.CCC(C)(C)C(=O)OC1(C(C)C)CC2CC1C1C3CCC(C3)C21.CCC(C)(C)C(=O)OC1(C(C)C)CC2CCC1C2.CCC(C)(C)C(=O)OC1(C(C)C)CCC2CCCCC2C1.CCC(C)(C)C(=O)OC1(C(C)C)CCCC1.CCC1(OC(=O)C(C)(C)CC)CCCCCCC1. The molecule has 0 amide bonds. The molecule has 0 heterocycles. The van der Waals surface area contributed by atoms with E-state index in [2.05, 4.69) is 90.0 Å². The van der Waals surface area contributed by atoms with E-state index in [4.69, 9.17) is 23.7 Å². The molecule has 10 nitrogen and oxygen atoms in total. The van der Waals surface area contributed by atoms with Crippen LogP contribution in [0.15, 0.2) is 0 Å². The maximum atomic E-state index is 12.9. The number of hydrogen-bond acceptors (Lipinski definition) is 10. The first-order valence-corrected chi connectivity index (χ1v) is 40.9. The summed E-state index contributed by atoms with van der Waals surface area (Å²) < 4.78 is 30.6. The Morgan fingerprint density at radius 1 is 0.321 bits per heavy atom. The van der Waals surface area contributed by atoms with Crippen LogP contribution in [-0.4, -0.2) is 57.9 Å². The lowest BCUT2D eigenvalue weighted by atomic mass is 9.63. The van der Waals surface area contributed by atoms with Gasteiger partial charge in [-0.2, -0.15) is 0 Å². The van der Waals surface area contributed by atoms with Crippen LogP contribution in [0.25, 0.3) is 0 Å². The highest BCUT2D eigenvalue weighted by Crippen LogP contribution is 2.72. The fourth-order valence-corrected chi connectivity index (χ4v) is 19.6. The molecule has 636 valence electrons. The first-order chi connectivity index (χ1) is 44.7. The summed E-state index contributed by atoms with van der Waals surface area (Å²) in [6, 6.07) is 0. The molecule has 0 aromatic rings. The van der Waals surface area contributed by atoms with Crippen molar-refractivity contribution in [3.05, 3.63) is 0 Å². The number of fused-ring (bicyclic) bond motifs is 12. The normalized spacial score (nSPS) is 29.5. The Morgan fingerprint density at radius 3 is 1.08 bits per heavy atom. The van der Waals surface area contributed by atoms with Gasteiger partial charge in [-0.25, -0.2) is 0 Å². The highest BCUT2D eigenvalue weighted by molar-refractivity contribution is 5.78. The van der Waals surface area contributed by atoms with Crippen molar-refractivity contribution in [1.29, 1.82) is 0 Å². The van der Waals surface area contributed by atoms with Crippen LogP contribution in [0.2, 0.25) is 0 Å². The molecule has 10 fully saturated rings. The largest absolute Gasteiger partial charge is 0.459 e. The van der Waals surface area contributed by atoms with Gasteiger partial charge < -0.3 is 23.7 Å². The molecule has 106 heavy (non-hydrogen) atoms. The van der Waals surface area contributed by atoms with Crippen molar-refractivity contribution < 1.29 is 47.7 Å². The van der Waals surface area contributed by atoms with E-state index < -0.39 is 0 Å². The topological polar surface area (TPSA) is 132 Å². The second-order valence-electron chi connectivity index (χ2n) is 38.2. The molecule has 0 radical (unpaired) electrons. The summed E-state index contributed by atoms with van der Waals surface area (Å²) >= 11 is 0. The van der Waals surface area contributed by atoms with Crippen molar-refractivity contribution in [3.63, 3.8) is 0 Å². The van der Waals surface area contributed by atoms with Gasteiger partial charge >= 0.3 is 29.8 Å². The lowest BCUT2D eigenvalue weighted by molar-refractivity contribution is -0.191. The monoisotopic (exact) mass is 1510 g/mol. The summed E-state index contributed by atoms with van der Waals surface area (Å²) in [7, 11) is 0. The fourth-order valence-electron chi connectivity index (χ4n) is 19.6. The number of hydrogen-bond donors (Lipinski definition) is 0. The zero-order chi connectivity index (χ0) is 71.8. The summed E-state index contributed by atoms with van der Waals surface area (Å²) in [5.74, 6) is 10.1. The van der Waals surface area contributed by atoms with Crippen molar-refractivity contribution in [2.45, 2.75) is 480 Å². The van der Waals surface area contributed by atoms with Gasteiger partial charge in [-0.15, -0.1) is 0 Å². The Balaban J connectivity index is -0.000000394. The third kappa shape index (κ3) is 25.2. The second kappa shape index (κ2) is 45.3. The average molecular weight is 1510 g/mol. The highest BCUT2D eigenvalue weighted by Gasteiger charge is 2.69. The van der Waals surface area contributed by atoms with Gasteiger partial charge in [-0.05, 0) is 313 Å². The Morgan fingerprint density at radius 2 is 0.698 bits per heavy atom. The maximum Gasteiger partial charge on any atom is 0.312 e. The smallest absolute Gasteiger partial charge is 0.312 e. The third-order valence-electron chi connectivity index (χ3n) is 29.3. The molecule has 10 aliphatic rings. The van der Waals surface area contributed by atoms with Crippen molar-refractivity contribution >= 4 is 29.8 Å². The molecular weight excluding hydrogens is 1310 g/mol. The summed E-state index contributed by atoms with van der Waals surface area (Å²) in [4.78, 5) is 62.3. The van der Waals surface area contributed by atoms with E-state index in [1.807, 2.05) is 76.2 Å². The standard InChI is InChI=1S/C21H34O2.C19H34O2.C16H28O2.C16H30O2.C14H26O2.10CH4/c1-6-20(4,5)19(22)23-21(12(2)3)11-15-10-16(21)18-14-8-7-13(9-14)17(15)18;1-6-18(4,5)17(20)21-19(14(2)3)12-11-15-9-7-8-10-16(15)13-19;1-6-15(4,5)14(17)18-16(11(2)3)10-12-7-8-13(16)9-12;1-5-15(3,4)14(17)18-16(6-2)12-10-8-7-9-11-13-16;1-6-13(4,5)12(15)16-14(11(2)3)9-7-8-10-14;;;;;;;;;;/h12-18H,6-11H2,1-5H3;14-16H,6-13H2,1-5H3;11-13H,6-10H2,1-5H3;5-13H2,1-4H3;11H,6-10H2,1-5H3;10*1H4. The average Bonchev–Trinajstić information content (AvgIpc) is 1.53. The molecule has 0 aromatic carbocycles. The molecule has 10 saturated carbocycles. The lowest BCUT2D eigenvalue weighted by Gasteiger charge is -2.49. The van der Waals surface area contributed by atoms with Gasteiger partial charge in [0.1, 0.15) is 28.0 Å². The van der Waals surface area contributed by atoms with Crippen molar-refractivity contribution in [3.8, 4) is 0 Å². The van der Waals surface area contributed by atoms with E-state index in [0.29, 0.717) is 35.5 Å². The Kier molecular flexibility index (Phi) is 47.8. The van der Waals surface area contributed by atoms with Gasteiger partial charge in [0.25, 0.3) is 0 Å². The van der Waals surface area contributed by atoms with Crippen molar-refractivity contribution in [2.24, 2.45) is 110 Å². The number of carbonyl (C=O) groups excluding carboxylic acids is 5. The first kappa shape index (κ1) is 112. The maximum absolute atomic E-state index is 12.9. The van der Waals surface area contributed by atoms with Gasteiger partial charge in [0.2, 0.25) is 0 Å². The third-order valence-corrected chi connectivity index (χ3v) is 29.3. The molecule has 0 N–H and O–H groups in total. The minimum absolute atomic E-state index is 0. The predicted octanol–water partition coefficient (Wildman–Crippen LogP) is 29.7. The number of carbonyl (C=O) groups is 5. The van der Waals surface area contributed by atoms with E-state index in [1.165, 1.54) is 122 Å². The van der Waals surface area contributed by atoms with Gasteiger partial charge in [-0.1, -0.05) is 216 Å². The van der Waals surface area contributed by atoms with Crippen LogP contribution in [0.5, 0.6) is 0 Å². The van der Waals surface area contributed by atoms with E-state index in [1.54, 1.807) is 0 Å². The van der Waals surface area contributed by atoms with Crippen LogP contribution in [0.4, 0.5) is 0 Å². The molecule has 0 spiro atoms. The van der Waals surface area contributed by atoms with Crippen LogP contribution in [0, 0.1) is 110 Å². The number of esters is 5. The molecular formula is C96H192O10. The van der Waals surface area contributed by atoms with Crippen LogP contribution in [-0.2, 0) is 47.7 Å². The number of ether oxygens (including phenoxy) is 5. The van der Waals surface area contributed by atoms with E-state index >= 15 is 0 Å². The van der Waals surface area contributed by atoms with Gasteiger partial charge in [-0.3, -0.25) is 24.0 Å². The molecule has 6 bridgehead atoms. The zero-order valence-corrected chi connectivity index (χ0v) is 67.0. The van der Waals surface area contributed by atoms with Gasteiger partial charge in [0.15, 0.2) is 0 Å². The van der Waals surface area contributed by atoms with Gasteiger partial charge in [0, 0.05) is 5.92 Å². The Bertz CT molecular complexity index is 2500. The van der Waals surface area contributed by atoms with E-state index in [0.717, 1.165) is 137 Å². The Hall–Kier alpha value is -2.65. The summed E-state index contributed by atoms with van der Waals surface area (Å²) in [6.07, 6.45) is 38.8. The molecule has 0 aliphatic heterocycles. The first-order valence-electron chi connectivity index (χ1n) is 40.9. The predicted molar refractivity (Wildman–Crippen MR) is 461 cm³/mol. The zero-order valence-electron chi connectivity index (χ0n) is 67.0. The van der Waals surface area contributed by atoms with Gasteiger partial charge in [0.05, 0.1) is 27.1 Å². The molecule has 13 atom stereocenters. The number of rotatable bonds is 20. The minimum atomic E-state index is -0.356. The van der Waals surface area contributed by atoms with Crippen molar-refractivity contribution in [2.75, 3.05) is 0 Å². The molecule has 0 aromatic heterocycles. The highest BCUT2D eigenvalue weighted by atomic mass is 16.6. The fraction of sp³-hybridized carbons (Fsp3) is 0.948. The van der Waals surface area contributed by atoms with Crippen LogP contribution in [0.3, 0.4) is 0 Å². The molecule has 0 saturated heterocycles. The van der Waals surface area contributed by atoms with Crippen molar-refractivity contribution in [1.82, 2.24) is 0 Å². The van der Waals surface area contributed by atoms with Crippen LogP contribution in [0.1, 0.15) is 452 Å². The second-order valence-corrected chi connectivity index (χ2v) is 38.2. The van der Waals surface area contributed by atoms with Crippen LogP contribution < -0.4 is 0 Å². The molecule has 10 rings (SSSR count). The summed E-state index contributed by atoms with van der Waals surface area (Å²) in [5.41, 5.74) is -2.62. The molecule has 10 heteroatoms. The quantitative estimate of drug-likeness (QED) is 0.0659. The summed E-state index contributed by atoms with van der Waals surface area (Å²) in [6.45, 7) is 50.3.